The summed E-state index contributed by atoms with van der Waals surface area (Å²) in [6.45, 7) is 1.64. The van der Waals surface area contributed by atoms with Crippen LogP contribution in [0.5, 0.6) is 0 Å². The van der Waals surface area contributed by atoms with E-state index in [0.717, 1.165) is 38.7 Å². The van der Waals surface area contributed by atoms with Gasteiger partial charge in [-0.2, -0.15) is 0 Å². The average molecular weight is 400 g/mol. The van der Waals surface area contributed by atoms with Gasteiger partial charge in [-0.3, -0.25) is 0 Å². The fraction of sp³-hybridized carbons (Fsp3) is 0.273. The molecular formula is C11H10Br2ClNOS. The Morgan fingerprint density at radius 1 is 1.35 bits per heavy atom. The minimum atomic E-state index is 0.726. The van der Waals surface area contributed by atoms with Crippen LogP contribution in [0.25, 0.3) is 0 Å². The van der Waals surface area contributed by atoms with Crippen molar-refractivity contribution in [2.24, 2.45) is 0 Å². The molecule has 92 valence electrons. The molecule has 2 aromatic heterocycles. The molecule has 0 saturated heterocycles. The first-order valence-corrected chi connectivity index (χ1v) is 7.82. The van der Waals surface area contributed by atoms with Crippen LogP contribution in [0, 0.1) is 0 Å². The minimum absolute atomic E-state index is 0.726. The van der Waals surface area contributed by atoms with Crippen molar-refractivity contribution in [3.63, 3.8) is 0 Å². The SMILES string of the molecule is Clc1ccc(CCNCc2cc(Br)c(Br)o2)s1. The molecule has 2 rings (SSSR count). The van der Waals surface area contributed by atoms with Gasteiger partial charge in [-0.1, -0.05) is 11.6 Å². The van der Waals surface area contributed by atoms with Crippen molar-refractivity contribution in [3.05, 3.63) is 42.3 Å². The van der Waals surface area contributed by atoms with Crippen LogP contribution in [0.3, 0.4) is 0 Å². The molecule has 17 heavy (non-hydrogen) atoms. The van der Waals surface area contributed by atoms with E-state index < -0.39 is 0 Å². The summed E-state index contributed by atoms with van der Waals surface area (Å²) in [6, 6.07) is 5.95. The highest BCUT2D eigenvalue weighted by atomic mass is 79.9. The zero-order chi connectivity index (χ0) is 12.3. The number of hydrogen-bond acceptors (Lipinski definition) is 3. The van der Waals surface area contributed by atoms with Gasteiger partial charge in [-0.25, -0.2) is 0 Å². The summed E-state index contributed by atoms with van der Waals surface area (Å²) in [5.41, 5.74) is 0. The summed E-state index contributed by atoms with van der Waals surface area (Å²) in [6.07, 6.45) is 0.987. The molecule has 0 bridgehead atoms. The molecule has 0 fully saturated rings. The monoisotopic (exact) mass is 397 g/mol. The Balaban J connectivity index is 1.73. The third-order valence-corrected chi connectivity index (χ3v) is 5.17. The fourth-order valence-electron chi connectivity index (χ4n) is 1.39. The number of thiophene rings is 1. The predicted octanol–water partition coefficient (Wildman–Crippen LogP) is 4.85. The van der Waals surface area contributed by atoms with Crippen LogP contribution >= 0.6 is 54.8 Å². The third-order valence-electron chi connectivity index (χ3n) is 2.17. The molecule has 0 radical (unpaired) electrons. The lowest BCUT2D eigenvalue weighted by Gasteiger charge is -2.00. The molecule has 0 aliphatic carbocycles. The van der Waals surface area contributed by atoms with Crippen molar-refractivity contribution < 1.29 is 4.42 Å². The Morgan fingerprint density at radius 3 is 2.76 bits per heavy atom. The number of nitrogens with one attached hydrogen (secondary N) is 1. The first-order valence-electron chi connectivity index (χ1n) is 5.04. The first kappa shape index (κ1) is 13.6. The zero-order valence-electron chi connectivity index (χ0n) is 8.80. The molecule has 0 saturated carbocycles. The lowest BCUT2D eigenvalue weighted by molar-refractivity contribution is 0.466. The summed E-state index contributed by atoms with van der Waals surface area (Å²) in [7, 11) is 0. The minimum Gasteiger partial charge on any atom is -0.452 e. The smallest absolute Gasteiger partial charge is 0.183 e. The first-order chi connectivity index (χ1) is 8.15. The van der Waals surface area contributed by atoms with Crippen molar-refractivity contribution in [3.8, 4) is 0 Å². The largest absolute Gasteiger partial charge is 0.452 e. The summed E-state index contributed by atoms with van der Waals surface area (Å²) in [5, 5.41) is 3.33. The summed E-state index contributed by atoms with van der Waals surface area (Å²) < 4.78 is 7.98. The molecule has 0 aliphatic rings. The molecule has 2 heterocycles. The van der Waals surface area contributed by atoms with Crippen molar-refractivity contribution >= 4 is 54.8 Å². The van der Waals surface area contributed by atoms with Crippen LogP contribution in [0.4, 0.5) is 0 Å². The number of hydrogen-bond donors (Lipinski definition) is 1. The van der Waals surface area contributed by atoms with E-state index in [1.807, 2.05) is 12.1 Å². The summed E-state index contributed by atoms with van der Waals surface area (Å²) in [5.74, 6) is 0.910. The maximum atomic E-state index is 5.86. The molecule has 0 unspecified atom stereocenters. The van der Waals surface area contributed by atoms with Gasteiger partial charge in [0, 0.05) is 11.4 Å². The third kappa shape index (κ3) is 4.10. The van der Waals surface area contributed by atoms with Crippen LogP contribution in [-0.2, 0) is 13.0 Å². The van der Waals surface area contributed by atoms with Gasteiger partial charge >= 0.3 is 0 Å². The molecule has 0 atom stereocenters. The van der Waals surface area contributed by atoms with Crippen LogP contribution in [0.2, 0.25) is 4.34 Å². The number of halogens is 3. The Hall–Kier alpha value is 0.190. The maximum Gasteiger partial charge on any atom is 0.183 e. The normalized spacial score (nSPS) is 11.0. The summed E-state index contributed by atoms with van der Waals surface area (Å²) in [4.78, 5) is 1.30. The van der Waals surface area contributed by atoms with Gasteiger partial charge in [0.15, 0.2) is 4.67 Å². The maximum absolute atomic E-state index is 5.86. The number of furan rings is 1. The molecule has 0 spiro atoms. The molecular weight excluding hydrogens is 389 g/mol. The Labute approximate surface area is 126 Å². The standard InChI is InChI=1S/C11H10Br2ClNOS/c12-9-5-7(16-11(9)13)6-15-4-3-8-1-2-10(14)17-8/h1-2,5,15H,3-4,6H2. The molecule has 0 amide bonds. The molecule has 2 aromatic rings. The van der Waals surface area contributed by atoms with Crippen molar-refractivity contribution in [2.45, 2.75) is 13.0 Å². The van der Waals surface area contributed by atoms with Crippen molar-refractivity contribution in [2.75, 3.05) is 6.54 Å². The van der Waals surface area contributed by atoms with E-state index in [1.165, 1.54) is 4.88 Å². The highest BCUT2D eigenvalue weighted by Crippen LogP contribution is 2.26. The second-order valence-electron chi connectivity index (χ2n) is 3.47. The van der Waals surface area contributed by atoms with E-state index in [-0.39, 0.29) is 0 Å². The Kier molecular flexibility index (Phi) is 5.11. The van der Waals surface area contributed by atoms with Crippen LogP contribution in [-0.4, -0.2) is 6.54 Å². The average Bonchev–Trinajstić information content (AvgIpc) is 2.82. The lowest BCUT2D eigenvalue weighted by Crippen LogP contribution is -2.15. The van der Waals surface area contributed by atoms with E-state index in [1.54, 1.807) is 11.3 Å². The molecule has 0 aromatic carbocycles. The van der Waals surface area contributed by atoms with Crippen molar-refractivity contribution in [1.82, 2.24) is 5.32 Å². The Morgan fingerprint density at radius 2 is 2.18 bits per heavy atom. The number of rotatable bonds is 5. The molecule has 1 N–H and O–H groups in total. The Bertz CT molecular complexity index is 478. The molecule has 6 heteroatoms. The van der Waals surface area contributed by atoms with Gasteiger partial charge in [0.2, 0.25) is 0 Å². The van der Waals surface area contributed by atoms with Crippen LogP contribution in [0.15, 0.2) is 31.8 Å². The van der Waals surface area contributed by atoms with Crippen molar-refractivity contribution in [1.29, 1.82) is 0 Å². The second kappa shape index (κ2) is 6.38. The predicted molar refractivity (Wildman–Crippen MR) is 78.8 cm³/mol. The van der Waals surface area contributed by atoms with Gasteiger partial charge in [0.05, 0.1) is 15.4 Å². The van der Waals surface area contributed by atoms with Crippen LogP contribution < -0.4 is 5.32 Å². The van der Waals surface area contributed by atoms with E-state index in [0.29, 0.717) is 0 Å². The zero-order valence-corrected chi connectivity index (χ0v) is 13.5. The lowest BCUT2D eigenvalue weighted by atomic mass is 10.3. The summed E-state index contributed by atoms with van der Waals surface area (Å²) >= 11 is 14.2. The highest BCUT2D eigenvalue weighted by molar-refractivity contribution is 9.13. The molecule has 2 nitrogen and oxygen atoms in total. The molecule has 0 aliphatic heterocycles. The topological polar surface area (TPSA) is 25.2 Å². The van der Waals surface area contributed by atoms with E-state index in [9.17, 15) is 0 Å². The van der Waals surface area contributed by atoms with E-state index >= 15 is 0 Å². The van der Waals surface area contributed by atoms with Gasteiger partial charge in [-0.15, -0.1) is 11.3 Å². The highest BCUT2D eigenvalue weighted by Gasteiger charge is 2.05. The van der Waals surface area contributed by atoms with Crippen LogP contribution in [0.1, 0.15) is 10.6 Å². The van der Waals surface area contributed by atoms with Gasteiger partial charge in [0.25, 0.3) is 0 Å². The van der Waals surface area contributed by atoms with Gasteiger partial charge in [-0.05, 0) is 56.5 Å². The quantitative estimate of drug-likeness (QED) is 0.727. The van der Waals surface area contributed by atoms with E-state index in [2.05, 4.69) is 43.2 Å². The van der Waals surface area contributed by atoms with Gasteiger partial charge < -0.3 is 9.73 Å². The second-order valence-corrected chi connectivity index (χ2v) is 6.84. The van der Waals surface area contributed by atoms with Gasteiger partial charge in [0.1, 0.15) is 5.76 Å². The fourth-order valence-corrected chi connectivity index (χ4v) is 3.13. The van der Waals surface area contributed by atoms with E-state index in [4.69, 9.17) is 16.0 Å².